The highest BCUT2D eigenvalue weighted by Crippen LogP contribution is 2.16. The van der Waals surface area contributed by atoms with Crippen LogP contribution in [0.1, 0.15) is 13.3 Å². The molecule has 0 bridgehead atoms. The summed E-state index contributed by atoms with van der Waals surface area (Å²) >= 11 is 0. The zero-order chi connectivity index (χ0) is 10.5. The Hall–Kier alpha value is -0.833. The number of rotatable bonds is 5. The van der Waals surface area contributed by atoms with Crippen molar-refractivity contribution in [2.45, 2.75) is 32.2 Å². The largest absolute Gasteiger partial charge is 0.463 e. The monoisotopic (exact) mass is 198 g/mol. The van der Waals surface area contributed by atoms with Crippen LogP contribution in [0.25, 0.3) is 0 Å². The van der Waals surface area contributed by atoms with E-state index in [0.717, 1.165) is 6.42 Å². The van der Waals surface area contributed by atoms with Crippen LogP contribution < -0.4 is 0 Å². The number of carbonyl (C=O) groups is 1. The van der Waals surface area contributed by atoms with E-state index in [4.69, 9.17) is 4.74 Å². The van der Waals surface area contributed by atoms with Gasteiger partial charge in [0.1, 0.15) is 8.07 Å². The highest BCUT2D eigenvalue weighted by atomic mass is 28.3. The van der Waals surface area contributed by atoms with Gasteiger partial charge in [-0.1, -0.05) is 32.3 Å². The molecule has 0 amide bonds. The van der Waals surface area contributed by atoms with Crippen molar-refractivity contribution in [1.29, 1.82) is 0 Å². The zero-order valence-electron chi connectivity index (χ0n) is 8.67. The van der Waals surface area contributed by atoms with E-state index in [9.17, 15) is 4.79 Å². The predicted octanol–water partition coefficient (Wildman–Crippen LogP) is 2.47. The molecule has 0 aromatic heterocycles. The van der Waals surface area contributed by atoms with Gasteiger partial charge in [0.15, 0.2) is 0 Å². The van der Waals surface area contributed by atoms with Crippen molar-refractivity contribution in [3.05, 3.63) is 24.9 Å². The van der Waals surface area contributed by atoms with Gasteiger partial charge in [0.25, 0.3) is 0 Å². The van der Waals surface area contributed by atoms with Crippen LogP contribution in [0.2, 0.25) is 13.1 Å². The lowest BCUT2D eigenvalue weighted by atomic mass is 10.5. The van der Waals surface area contributed by atoms with Crippen molar-refractivity contribution in [3.8, 4) is 0 Å². The lowest BCUT2D eigenvalue weighted by Crippen LogP contribution is -2.42. The Labute approximate surface area is 81.3 Å². The SMILES string of the molecule is C=CC(=O)OC(CC)[Si](C)(C)C=C. The fourth-order valence-electron chi connectivity index (χ4n) is 1.08. The molecule has 0 rings (SSSR count). The molecular weight excluding hydrogens is 180 g/mol. The second kappa shape index (κ2) is 5.02. The first-order valence-electron chi connectivity index (χ1n) is 4.44. The van der Waals surface area contributed by atoms with Crippen molar-refractivity contribution < 1.29 is 9.53 Å². The number of hydrogen-bond donors (Lipinski definition) is 0. The first-order chi connectivity index (χ1) is 5.97. The van der Waals surface area contributed by atoms with Crippen molar-refractivity contribution in [2.75, 3.05) is 0 Å². The molecule has 0 aliphatic heterocycles. The first-order valence-corrected chi connectivity index (χ1v) is 7.60. The van der Waals surface area contributed by atoms with Gasteiger partial charge in [0.2, 0.25) is 0 Å². The van der Waals surface area contributed by atoms with Crippen LogP contribution in [-0.4, -0.2) is 19.8 Å². The normalized spacial score (nSPS) is 13.2. The van der Waals surface area contributed by atoms with E-state index < -0.39 is 8.07 Å². The van der Waals surface area contributed by atoms with Gasteiger partial charge >= 0.3 is 5.97 Å². The highest BCUT2D eigenvalue weighted by molar-refractivity contribution is 6.83. The first kappa shape index (κ1) is 12.2. The summed E-state index contributed by atoms with van der Waals surface area (Å²) in [6.45, 7) is 13.4. The average molecular weight is 198 g/mol. The van der Waals surface area contributed by atoms with E-state index in [0.29, 0.717) is 0 Å². The summed E-state index contributed by atoms with van der Waals surface area (Å²) in [6, 6.07) is 0. The van der Waals surface area contributed by atoms with Gasteiger partial charge in [-0.2, -0.15) is 0 Å². The molecule has 0 saturated heterocycles. The molecule has 0 saturated carbocycles. The van der Waals surface area contributed by atoms with Crippen LogP contribution in [-0.2, 0) is 9.53 Å². The molecule has 0 radical (unpaired) electrons. The quantitative estimate of drug-likeness (QED) is 0.385. The molecule has 0 aliphatic rings. The van der Waals surface area contributed by atoms with Gasteiger partial charge in [-0.25, -0.2) is 4.79 Å². The number of hydrogen-bond acceptors (Lipinski definition) is 2. The van der Waals surface area contributed by atoms with Gasteiger partial charge in [-0.05, 0) is 6.42 Å². The molecule has 0 N–H and O–H groups in total. The van der Waals surface area contributed by atoms with Crippen molar-refractivity contribution in [2.24, 2.45) is 0 Å². The summed E-state index contributed by atoms with van der Waals surface area (Å²) in [6.07, 6.45) is 2.04. The van der Waals surface area contributed by atoms with E-state index in [1.54, 1.807) is 0 Å². The molecule has 0 heterocycles. The van der Waals surface area contributed by atoms with E-state index in [2.05, 4.69) is 26.3 Å². The van der Waals surface area contributed by atoms with Gasteiger partial charge < -0.3 is 4.74 Å². The summed E-state index contributed by atoms with van der Waals surface area (Å²) in [5, 5.41) is 0. The number of ether oxygens (including phenoxy) is 1. The molecule has 13 heavy (non-hydrogen) atoms. The van der Waals surface area contributed by atoms with Crippen molar-refractivity contribution in [3.63, 3.8) is 0 Å². The third-order valence-corrected chi connectivity index (χ3v) is 5.39. The number of esters is 1. The summed E-state index contributed by atoms with van der Waals surface area (Å²) in [7, 11) is -1.61. The molecule has 0 aromatic carbocycles. The van der Waals surface area contributed by atoms with E-state index in [1.807, 2.05) is 12.6 Å². The van der Waals surface area contributed by atoms with Gasteiger partial charge in [-0.3, -0.25) is 0 Å². The van der Waals surface area contributed by atoms with Crippen LogP contribution in [0.4, 0.5) is 0 Å². The summed E-state index contributed by atoms with van der Waals surface area (Å²) in [5.74, 6) is -0.339. The lowest BCUT2D eigenvalue weighted by molar-refractivity contribution is -0.139. The van der Waals surface area contributed by atoms with Crippen LogP contribution in [0.5, 0.6) is 0 Å². The second-order valence-electron chi connectivity index (χ2n) is 3.56. The maximum absolute atomic E-state index is 11.0. The Morgan fingerprint density at radius 3 is 2.38 bits per heavy atom. The van der Waals surface area contributed by atoms with Crippen LogP contribution >= 0.6 is 0 Å². The molecule has 1 atom stereocenters. The Bertz CT molecular complexity index is 209. The van der Waals surface area contributed by atoms with Crippen LogP contribution in [0, 0.1) is 0 Å². The molecule has 3 heteroatoms. The smallest absolute Gasteiger partial charge is 0.330 e. The molecule has 1 unspecified atom stereocenters. The van der Waals surface area contributed by atoms with E-state index in [-0.39, 0.29) is 11.7 Å². The third kappa shape index (κ3) is 3.59. The molecule has 0 fully saturated rings. The average Bonchev–Trinajstić information content (AvgIpc) is 2.13. The standard InChI is InChI=1S/C10H18O2Si/c1-6-9(11)12-10(7-2)13(4,5)8-3/h6,8,10H,1,3,7H2,2,4-5H3. The Morgan fingerprint density at radius 2 is 2.08 bits per heavy atom. The summed E-state index contributed by atoms with van der Waals surface area (Å²) in [4.78, 5) is 11.0. The minimum Gasteiger partial charge on any atom is -0.463 e. The second-order valence-corrected chi connectivity index (χ2v) is 8.26. The Kier molecular flexibility index (Phi) is 4.70. The van der Waals surface area contributed by atoms with Gasteiger partial charge in [-0.15, -0.1) is 6.58 Å². The lowest BCUT2D eigenvalue weighted by Gasteiger charge is -2.27. The maximum atomic E-state index is 11.0. The fraction of sp³-hybridized carbons (Fsp3) is 0.500. The Balaban J connectivity index is 4.42. The highest BCUT2D eigenvalue weighted by Gasteiger charge is 2.30. The van der Waals surface area contributed by atoms with Crippen LogP contribution in [0.15, 0.2) is 24.9 Å². The van der Waals surface area contributed by atoms with Crippen molar-refractivity contribution in [1.82, 2.24) is 0 Å². The van der Waals surface area contributed by atoms with Crippen LogP contribution in [0.3, 0.4) is 0 Å². The molecule has 74 valence electrons. The van der Waals surface area contributed by atoms with Crippen molar-refractivity contribution >= 4 is 14.0 Å². The minimum atomic E-state index is -1.61. The summed E-state index contributed by atoms with van der Waals surface area (Å²) < 4.78 is 5.24. The minimum absolute atomic E-state index is 0.00972. The predicted molar refractivity (Wildman–Crippen MR) is 58.0 cm³/mol. The zero-order valence-corrected chi connectivity index (χ0v) is 9.67. The molecular formula is C10H18O2Si. The topological polar surface area (TPSA) is 26.3 Å². The van der Waals surface area contributed by atoms with Gasteiger partial charge in [0.05, 0.1) is 5.73 Å². The molecule has 0 aliphatic carbocycles. The fourth-order valence-corrected chi connectivity index (χ4v) is 2.82. The van der Waals surface area contributed by atoms with Gasteiger partial charge in [0, 0.05) is 6.08 Å². The van der Waals surface area contributed by atoms with E-state index in [1.165, 1.54) is 6.08 Å². The maximum Gasteiger partial charge on any atom is 0.330 e. The van der Waals surface area contributed by atoms with E-state index >= 15 is 0 Å². The third-order valence-electron chi connectivity index (χ3n) is 2.15. The molecule has 2 nitrogen and oxygen atoms in total. The summed E-state index contributed by atoms with van der Waals surface area (Å²) in [5.41, 5.74) is 1.95. The Morgan fingerprint density at radius 1 is 1.54 bits per heavy atom. The number of carbonyl (C=O) groups excluding carboxylic acids is 1. The molecule has 0 spiro atoms. The molecule has 0 aromatic rings.